The minimum atomic E-state index is 0.672. The van der Waals surface area contributed by atoms with Gasteiger partial charge in [0.05, 0.1) is 12.5 Å². The first-order chi connectivity index (χ1) is 8.28. The molecule has 0 bridgehead atoms. The molecule has 5 nitrogen and oxygen atoms in total. The summed E-state index contributed by atoms with van der Waals surface area (Å²) in [6, 6.07) is 5.84. The molecular formula is C12H16N4O. The van der Waals surface area contributed by atoms with Crippen molar-refractivity contribution in [3.05, 3.63) is 48.0 Å². The zero-order valence-corrected chi connectivity index (χ0v) is 9.76. The van der Waals surface area contributed by atoms with Gasteiger partial charge in [0.1, 0.15) is 5.82 Å². The quantitative estimate of drug-likeness (QED) is 0.605. The molecule has 2 aromatic heterocycles. The van der Waals surface area contributed by atoms with Gasteiger partial charge in [0.2, 0.25) is 0 Å². The average Bonchev–Trinajstić information content (AvgIpc) is 2.82. The van der Waals surface area contributed by atoms with Crippen LogP contribution in [0.3, 0.4) is 0 Å². The minimum Gasteiger partial charge on any atom is -0.472 e. The third kappa shape index (κ3) is 3.30. The van der Waals surface area contributed by atoms with Crippen molar-refractivity contribution in [2.45, 2.75) is 13.1 Å². The van der Waals surface area contributed by atoms with E-state index in [1.54, 1.807) is 12.5 Å². The summed E-state index contributed by atoms with van der Waals surface area (Å²) in [6.07, 6.45) is 5.27. The first-order valence-corrected chi connectivity index (χ1v) is 5.39. The Labute approximate surface area is 100 Å². The van der Waals surface area contributed by atoms with E-state index in [9.17, 15) is 0 Å². The van der Waals surface area contributed by atoms with Crippen LogP contribution in [0, 0.1) is 0 Å². The van der Waals surface area contributed by atoms with Crippen molar-refractivity contribution in [1.82, 2.24) is 9.88 Å². The summed E-state index contributed by atoms with van der Waals surface area (Å²) in [5.41, 5.74) is 4.82. The minimum absolute atomic E-state index is 0.672. The van der Waals surface area contributed by atoms with Gasteiger partial charge in [-0.15, -0.1) is 0 Å². The summed E-state index contributed by atoms with van der Waals surface area (Å²) in [5.74, 6) is 5.93. The Morgan fingerprint density at radius 2 is 2.12 bits per heavy atom. The summed E-state index contributed by atoms with van der Waals surface area (Å²) in [4.78, 5) is 6.36. The highest BCUT2D eigenvalue weighted by atomic mass is 16.3. The van der Waals surface area contributed by atoms with Gasteiger partial charge in [0.25, 0.3) is 0 Å². The van der Waals surface area contributed by atoms with Gasteiger partial charge in [-0.2, -0.15) is 0 Å². The van der Waals surface area contributed by atoms with Crippen LogP contribution in [0.25, 0.3) is 0 Å². The van der Waals surface area contributed by atoms with Crippen LogP contribution in [0.4, 0.5) is 5.82 Å². The van der Waals surface area contributed by atoms with Crippen molar-refractivity contribution >= 4 is 5.82 Å². The third-order valence-electron chi connectivity index (χ3n) is 2.46. The van der Waals surface area contributed by atoms with E-state index < -0.39 is 0 Å². The van der Waals surface area contributed by atoms with E-state index in [2.05, 4.69) is 22.4 Å². The first-order valence-electron chi connectivity index (χ1n) is 5.39. The molecular weight excluding hydrogens is 216 g/mol. The smallest absolute Gasteiger partial charge is 0.139 e. The lowest BCUT2D eigenvalue weighted by Gasteiger charge is -2.15. The molecule has 0 aliphatic rings. The summed E-state index contributed by atoms with van der Waals surface area (Å²) < 4.78 is 5.03. The number of hydrazine groups is 1. The lowest BCUT2D eigenvalue weighted by atomic mass is 10.2. The summed E-state index contributed by atoms with van der Waals surface area (Å²) in [5, 5.41) is 0. The third-order valence-corrected chi connectivity index (χ3v) is 2.46. The lowest BCUT2D eigenvalue weighted by Crippen LogP contribution is -2.17. The van der Waals surface area contributed by atoms with Crippen LogP contribution in [0.1, 0.15) is 11.1 Å². The number of hydrogen-bond acceptors (Lipinski definition) is 5. The normalized spacial score (nSPS) is 10.8. The van der Waals surface area contributed by atoms with Crippen LogP contribution >= 0.6 is 0 Å². The van der Waals surface area contributed by atoms with Crippen molar-refractivity contribution in [3.8, 4) is 0 Å². The van der Waals surface area contributed by atoms with Gasteiger partial charge in [-0.3, -0.25) is 4.90 Å². The standard InChI is InChI=1S/C12H16N4O/c1-16(8-11-4-5-17-9-11)7-10-2-3-12(15-13)14-6-10/h2-6,9H,7-8,13H2,1H3,(H,14,15). The molecule has 0 saturated heterocycles. The fraction of sp³-hybridized carbons (Fsp3) is 0.250. The monoisotopic (exact) mass is 232 g/mol. The number of nitrogens with one attached hydrogen (secondary N) is 1. The van der Waals surface area contributed by atoms with Gasteiger partial charge in [0, 0.05) is 24.8 Å². The molecule has 0 saturated carbocycles. The van der Waals surface area contributed by atoms with E-state index in [4.69, 9.17) is 10.3 Å². The number of nitrogen functional groups attached to an aromatic ring is 1. The second kappa shape index (κ2) is 5.47. The zero-order valence-electron chi connectivity index (χ0n) is 9.76. The van der Waals surface area contributed by atoms with Gasteiger partial charge < -0.3 is 9.84 Å². The summed E-state index contributed by atoms with van der Waals surface area (Å²) in [7, 11) is 2.06. The van der Waals surface area contributed by atoms with Crippen molar-refractivity contribution in [2.75, 3.05) is 12.5 Å². The second-order valence-corrected chi connectivity index (χ2v) is 4.00. The maximum atomic E-state index is 5.26. The molecule has 0 fully saturated rings. The Bertz CT molecular complexity index is 438. The molecule has 0 aliphatic heterocycles. The Morgan fingerprint density at radius 1 is 1.29 bits per heavy atom. The van der Waals surface area contributed by atoms with E-state index in [0.29, 0.717) is 5.82 Å². The molecule has 2 heterocycles. The van der Waals surface area contributed by atoms with Crippen molar-refractivity contribution in [3.63, 3.8) is 0 Å². The van der Waals surface area contributed by atoms with E-state index in [-0.39, 0.29) is 0 Å². The van der Waals surface area contributed by atoms with Crippen molar-refractivity contribution < 1.29 is 4.42 Å². The second-order valence-electron chi connectivity index (χ2n) is 4.00. The largest absolute Gasteiger partial charge is 0.472 e. The van der Waals surface area contributed by atoms with Crippen LogP contribution < -0.4 is 11.3 Å². The topological polar surface area (TPSA) is 67.3 Å². The first kappa shape index (κ1) is 11.6. The van der Waals surface area contributed by atoms with Crippen molar-refractivity contribution in [1.29, 1.82) is 0 Å². The Balaban J connectivity index is 1.91. The van der Waals surface area contributed by atoms with Crippen LogP contribution in [0.15, 0.2) is 41.3 Å². The Morgan fingerprint density at radius 3 is 2.71 bits per heavy atom. The number of anilines is 1. The number of aromatic nitrogens is 1. The van der Waals surface area contributed by atoms with Crippen LogP contribution in [-0.2, 0) is 13.1 Å². The molecule has 2 rings (SSSR count). The molecule has 0 unspecified atom stereocenters. The predicted octanol–water partition coefficient (Wildman–Crippen LogP) is 1.59. The molecule has 2 aromatic rings. The van der Waals surface area contributed by atoms with Crippen LogP contribution in [0.5, 0.6) is 0 Å². The number of rotatable bonds is 5. The lowest BCUT2D eigenvalue weighted by molar-refractivity contribution is 0.317. The molecule has 5 heteroatoms. The maximum Gasteiger partial charge on any atom is 0.139 e. The molecule has 3 N–H and O–H groups in total. The maximum absolute atomic E-state index is 5.26. The van der Waals surface area contributed by atoms with Gasteiger partial charge in [-0.05, 0) is 24.7 Å². The molecule has 0 aromatic carbocycles. The summed E-state index contributed by atoms with van der Waals surface area (Å²) in [6.45, 7) is 1.69. The van der Waals surface area contributed by atoms with Gasteiger partial charge in [-0.1, -0.05) is 6.07 Å². The van der Waals surface area contributed by atoms with E-state index in [0.717, 1.165) is 18.7 Å². The fourth-order valence-electron chi connectivity index (χ4n) is 1.67. The predicted molar refractivity (Wildman–Crippen MR) is 65.9 cm³/mol. The number of pyridine rings is 1. The molecule has 0 aliphatic carbocycles. The summed E-state index contributed by atoms with van der Waals surface area (Å²) >= 11 is 0. The Kier molecular flexibility index (Phi) is 3.74. The number of furan rings is 1. The van der Waals surface area contributed by atoms with Crippen LogP contribution in [0.2, 0.25) is 0 Å². The molecule has 90 valence electrons. The number of nitrogens with two attached hydrogens (primary N) is 1. The average molecular weight is 232 g/mol. The zero-order chi connectivity index (χ0) is 12.1. The molecule has 0 amide bonds. The SMILES string of the molecule is CN(Cc1ccc(NN)nc1)Cc1ccoc1. The van der Waals surface area contributed by atoms with Gasteiger partial charge in [-0.25, -0.2) is 10.8 Å². The Hall–Kier alpha value is -1.85. The highest BCUT2D eigenvalue weighted by molar-refractivity contribution is 5.33. The number of nitrogens with zero attached hydrogens (tertiary/aromatic N) is 2. The molecule has 0 radical (unpaired) electrons. The molecule has 0 atom stereocenters. The van der Waals surface area contributed by atoms with E-state index >= 15 is 0 Å². The highest BCUT2D eigenvalue weighted by Gasteiger charge is 2.03. The number of hydrogen-bond donors (Lipinski definition) is 2. The fourth-order valence-corrected chi connectivity index (χ4v) is 1.67. The highest BCUT2D eigenvalue weighted by Crippen LogP contribution is 2.09. The van der Waals surface area contributed by atoms with Crippen LogP contribution in [-0.4, -0.2) is 16.9 Å². The van der Waals surface area contributed by atoms with E-state index in [1.807, 2.05) is 24.4 Å². The van der Waals surface area contributed by atoms with Gasteiger partial charge in [0.15, 0.2) is 0 Å². The molecule has 17 heavy (non-hydrogen) atoms. The molecule has 0 spiro atoms. The van der Waals surface area contributed by atoms with E-state index in [1.165, 1.54) is 5.56 Å². The van der Waals surface area contributed by atoms with Crippen molar-refractivity contribution in [2.24, 2.45) is 5.84 Å². The van der Waals surface area contributed by atoms with Gasteiger partial charge >= 0.3 is 0 Å².